The standard InChI is InChI=1S/C24H21ClN6O/c1-16-15-17(2)31(30-16)23-13-12-22(28-29-23)26-20-8-10-21(11-9-20)27-24(32)14-5-18-3-6-19(25)7-4-18/h3-15H,1-2H3,(H,26,28)(H,27,32)/b14-5+. The van der Waals surface area contributed by atoms with E-state index in [1.165, 1.54) is 6.08 Å². The predicted octanol–water partition coefficient (Wildman–Crippen LogP) is 5.33. The van der Waals surface area contributed by atoms with Gasteiger partial charge in [0.25, 0.3) is 0 Å². The maximum atomic E-state index is 12.1. The van der Waals surface area contributed by atoms with Crippen LogP contribution < -0.4 is 10.6 Å². The Labute approximate surface area is 190 Å². The van der Waals surface area contributed by atoms with E-state index < -0.39 is 0 Å². The molecule has 0 saturated carbocycles. The first kappa shape index (κ1) is 21.3. The van der Waals surface area contributed by atoms with Gasteiger partial charge in [-0.05, 0) is 80.1 Å². The van der Waals surface area contributed by atoms with E-state index in [1.54, 1.807) is 22.9 Å². The molecule has 2 heterocycles. The summed E-state index contributed by atoms with van der Waals surface area (Å²) in [4.78, 5) is 12.1. The molecule has 4 rings (SSSR count). The maximum Gasteiger partial charge on any atom is 0.248 e. The quantitative estimate of drug-likeness (QED) is 0.393. The molecule has 8 heteroatoms. The molecule has 0 radical (unpaired) electrons. The molecule has 2 aromatic heterocycles. The second-order valence-electron chi connectivity index (χ2n) is 7.19. The van der Waals surface area contributed by atoms with E-state index in [1.807, 2.05) is 68.4 Å². The van der Waals surface area contributed by atoms with Gasteiger partial charge in [-0.15, -0.1) is 10.2 Å². The number of carbonyl (C=O) groups is 1. The third-order valence-electron chi connectivity index (χ3n) is 4.60. The van der Waals surface area contributed by atoms with E-state index in [0.717, 1.165) is 22.6 Å². The van der Waals surface area contributed by atoms with Gasteiger partial charge in [-0.1, -0.05) is 23.7 Å². The summed E-state index contributed by atoms with van der Waals surface area (Å²) >= 11 is 5.86. The molecule has 0 unspecified atom stereocenters. The number of anilines is 3. The zero-order chi connectivity index (χ0) is 22.5. The van der Waals surface area contributed by atoms with E-state index >= 15 is 0 Å². The average molecular weight is 445 g/mol. The van der Waals surface area contributed by atoms with Gasteiger partial charge in [0, 0.05) is 28.2 Å². The molecular formula is C24H21ClN6O. The van der Waals surface area contributed by atoms with E-state index in [4.69, 9.17) is 11.6 Å². The Morgan fingerprint density at radius 1 is 0.938 bits per heavy atom. The molecule has 0 aliphatic rings. The van der Waals surface area contributed by atoms with Crippen molar-refractivity contribution >= 4 is 40.8 Å². The lowest BCUT2D eigenvalue weighted by atomic mass is 10.2. The summed E-state index contributed by atoms with van der Waals surface area (Å²) in [6, 6.07) is 20.3. The number of hydrogen-bond acceptors (Lipinski definition) is 5. The molecule has 1 amide bonds. The van der Waals surface area contributed by atoms with Crippen LogP contribution in [0.2, 0.25) is 5.02 Å². The second-order valence-corrected chi connectivity index (χ2v) is 7.63. The smallest absolute Gasteiger partial charge is 0.248 e. The lowest BCUT2D eigenvalue weighted by molar-refractivity contribution is -0.111. The molecule has 4 aromatic rings. The van der Waals surface area contributed by atoms with Crippen LogP contribution in [0.3, 0.4) is 0 Å². The summed E-state index contributed by atoms with van der Waals surface area (Å²) in [6.07, 6.45) is 3.21. The van der Waals surface area contributed by atoms with Gasteiger partial charge in [0.05, 0.1) is 5.69 Å². The summed E-state index contributed by atoms with van der Waals surface area (Å²) < 4.78 is 1.75. The Balaban J connectivity index is 1.35. The van der Waals surface area contributed by atoms with E-state index in [-0.39, 0.29) is 5.91 Å². The Morgan fingerprint density at radius 3 is 2.28 bits per heavy atom. The van der Waals surface area contributed by atoms with Crippen LogP contribution in [0.1, 0.15) is 17.0 Å². The van der Waals surface area contributed by atoms with Crippen LogP contribution in [0.25, 0.3) is 11.9 Å². The minimum Gasteiger partial charge on any atom is -0.339 e. The van der Waals surface area contributed by atoms with Crippen LogP contribution in [-0.4, -0.2) is 25.9 Å². The number of hydrogen-bond donors (Lipinski definition) is 2. The average Bonchev–Trinajstić information content (AvgIpc) is 3.13. The van der Waals surface area contributed by atoms with Crippen LogP contribution in [-0.2, 0) is 4.79 Å². The minimum absolute atomic E-state index is 0.216. The first-order chi connectivity index (χ1) is 15.5. The molecule has 2 aromatic carbocycles. The van der Waals surface area contributed by atoms with Gasteiger partial charge < -0.3 is 10.6 Å². The molecule has 0 atom stereocenters. The van der Waals surface area contributed by atoms with Crippen molar-refractivity contribution < 1.29 is 4.79 Å². The first-order valence-electron chi connectivity index (χ1n) is 9.95. The topological polar surface area (TPSA) is 84.7 Å². The molecule has 32 heavy (non-hydrogen) atoms. The molecule has 7 nitrogen and oxygen atoms in total. The SMILES string of the molecule is Cc1cc(C)n(-c2ccc(Nc3ccc(NC(=O)/C=C/c4ccc(Cl)cc4)cc3)nn2)n1. The number of aromatic nitrogens is 4. The van der Waals surface area contributed by atoms with Gasteiger partial charge in [-0.25, -0.2) is 4.68 Å². The zero-order valence-electron chi connectivity index (χ0n) is 17.6. The fraction of sp³-hybridized carbons (Fsp3) is 0.0833. The fourth-order valence-electron chi connectivity index (χ4n) is 3.08. The molecule has 0 fully saturated rings. The third kappa shape index (κ3) is 5.39. The molecule has 2 N–H and O–H groups in total. The van der Waals surface area contributed by atoms with Gasteiger partial charge in [-0.3, -0.25) is 4.79 Å². The van der Waals surface area contributed by atoms with Crippen molar-refractivity contribution in [3.05, 3.63) is 94.8 Å². The number of benzene rings is 2. The van der Waals surface area contributed by atoms with Crippen LogP contribution in [0.15, 0.2) is 72.8 Å². The van der Waals surface area contributed by atoms with E-state index in [2.05, 4.69) is 25.9 Å². The molecule has 0 aliphatic carbocycles. The number of aryl methyl sites for hydroxylation is 2. The van der Waals surface area contributed by atoms with Crippen LogP contribution in [0.5, 0.6) is 0 Å². The lowest BCUT2D eigenvalue weighted by Crippen LogP contribution is -2.07. The van der Waals surface area contributed by atoms with Gasteiger partial charge in [0.2, 0.25) is 5.91 Å². The van der Waals surface area contributed by atoms with Crippen molar-refractivity contribution in [2.75, 3.05) is 10.6 Å². The highest BCUT2D eigenvalue weighted by Gasteiger charge is 2.06. The number of amides is 1. The van der Waals surface area contributed by atoms with Crippen LogP contribution in [0, 0.1) is 13.8 Å². The van der Waals surface area contributed by atoms with E-state index in [9.17, 15) is 4.79 Å². The molecule has 0 bridgehead atoms. The third-order valence-corrected chi connectivity index (χ3v) is 4.85. The Morgan fingerprint density at radius 2 is 1.66 bits per heavy atom. The summed E-state index contributed by atoms with van der Waals surface area (Å²) in [5.41, 5.74) is 4.34. The summed E-state index contributed by atoms with van der Waals surface area (Å²) in [5.74, 6) is 1.05. The van der Waals surface area contributed by atoms with Crippen molar-refractivity contribution in [2.24, 2.45) is 0 Å². The van der Waals surface area contributed by atoms with E-state index in [0.29, 0.717) is 22.3 Å². The van der Waals surface area contributed by atoms with Gasteiger partial charge in [0.1, 0.15) is 0 Å². The summed E-state index contributed by atoms with van der Waals surface area (Å²) in [7, 11) is 0. The Hall–Kier alpha value is -3.97. The van der Waals surface area contributed by atoms with Crippen molar-refractivity contribution in [2.45, 2.75) is 13.8 Å². The maximum absolute atomic E-state index is 12.1. The Bertz CT molecular complexity index is 1250. The van der Waals surface area contributed by atoms with Crippen molar-refractivity contribution in [1.82, 2.24) is 20.0 Å². The largest absolute Gasteiger partial charge is 0.339 e. The summed E-state index contributed by atoms with van der Waals surface area (Å²) in [6.45, 7) is 3.91. The lowest BCUT2D eigenvalue weighted by Gasteiger charge is -2.08. The molecular weight excluding hydrogens is 424 g/mol. The highest BCUT2D eigenvalue weighted by atomic mass is 35.5. The minimum atomic E-state index is -0.216. The van der Waals surface area contributed by atoms with Crippen LogP contribution >= 0.6 is 11.6 Å². The number of nitrogens with one attached hydrogen (secondary N) is 2. The van der Waals surface area contributed by atoms with Gasteiger partial charge in [-0.2, -0.15) is 5.10 Å². The number of rotatable bonds is 6. The molecule has 0 saturated heterocycles. The molecule has 0 spiro atoms. The predicted molar refractivity (Wildman–Crippen MR) is 127 cm³/mol. The number of nitrogens with zero attached hydrogens (tertiary/aromatic N) is 4. The van der Waals surface area contributed by atoms with Crippen molar-refractivity contribution in [3.8, 4) is 5.82 Å². The van der Waals surface area contributed by atoms with Crippen LogP contribution in [0.4, 0.5) is 17.2 Å². The highest BCUT2D eigenvalue weighted by Crippen LogP contribution is 2.18. The van der Waals surface area contributed by atoms with Gasteiger partial charge in [0.15, 0.2) is 11.6 Å². The normalized spacial score (nSPS) is 11.0. The van der Waals surface area contributed by atoms with Gasteiger partial charge >= 0.3 is 0 Å². The number of halogens is 1. The first-order valence-corrected chi connectivity index (χ1v) is 10.3. The fourth-order valence-corrected chi connectivity index (χ4v) is 3.21. The second kappa shape index (κ2) is 9.45. The highest BCUT2D eigenvalue weighted by molar-refractivity contribution is 6.30. The van der Waals surface area contributed by atoms with Crippen molar-refractivity contribution in [1.29, 1.82) is 0 Å². The monoisotopic (exact) mass is 444 g/mol. The Kier molecular flexibility index (Phi) is 6.28. The number of carbonyl (C=O) groups excluding carboxylic acids is 1. The zero-order valence-corrected chi connectivity index (χ0v) is 18.3. The van der Waals surface area contributed by atoms with Crippen molar-refractivity contribution in [3.63, 3.8) is 0 Å². The molecule has 0 aliphatic heterocycles. The summed E-state index contributed by atoms with van der Waals surface area (Å²) in [5, 5.41) is 19.6. The molecule has 160 valence electrons.